The fourth-order valence-electron chi connectivity index (χ4n) is 1.93. The topological polar surface area (TPSA) is 78.9 Å². The van der Waals surface area contributed by atoms with Gasteiger partial charge in [0.2, 0.25) is 0 Å². The molecule has 0 bridgehead atoms. The van der Waals surface area contributed by atoms with Crippen LogP contribution >= 0.6 is 0 Å². The van der Waals surface area contributed by atoms with Crippen LogP contribution < -0.4 is 8.92 Å². The minimum absolute atomic E-state index is 0.0393. The molecule has 0 aliphatic rings. The third kappa shape index (κ3) is 4.79. The molecule has 0 aliphatic heterocycles. The molecule has 0 radical (unpaired) electrons. The molecular weight excluding hydrogens is 370 g/mol. The monoisotopic (exact) mass is 384 g/mol. The lowest BCUT2D eigenvalue weighted by Crippen LogP contribution is -2.11. The predicted molar refractivity (Wildman–Crippen MR) is 88.2 cm³/mol. The highest BCUT2D eigenvalue weighted by Gasteiger charge is 2.21. The lowest BCUT2D eigenvalue weighted by atomic mass is 10.2. The highest BCUT2D eigenvalue weighted by molar-refractivity contribution is 7.87. The molecule has 6 nitrogen and oxygen atoms in total. The Bertz CT molecular complexity index is 933. The van der Waals surface area contributed by atoms with E-state index in [1.807, 2.05) is 0 Å². The minimum atomic E-state index is -4.49. The Morgan fingerprint density at radius 2 is 1.65 bits per heavy atom. The molecule has 2 aromatic rings. The van der Waals surface area contributed by atoms with Gasteiger partial charge < -0.3 is 13.7 Å². The van der Waals surface area contributed by atoms with Crippen LogP contribution in [0.15, 0.2) is 47.4 Å². The molecular formula is C17H14F2O6S. The summed E-state index contributed by atoms with van der Waals surface area (Å²) in [4.78, 5) is 10.4. The molecule has 0 saturated carbocycles. The smallest absolute Gasteiger partial charge is 0.339 e. The molecule has 0 unspecified atom stereocenters. The van der Waals surface area contributed by atoms with Gasteiger partial charge in [0.1, 0.15) is 16.5 Å². The van der Waals surface area contributed by atoms with Crippen molar-refractivity contribution in [2.45, 2.75) is 4.90 Å². The highest BCUT2D eigenvalue weighted by atomic mass is 32.2. The minimum Gasteiger partial charge on any atom is -0.493 e. The van der Waals surface area contributed by atoms with Crippen molar-refractivity contribution >= 4 is 22.2 Å². The van der Waals surface area contributed by atoms with Gasteiger partial charge in [-0.15, -0.1) is 0 Å². The van der Waals surface area contributed by atoms with Crippen LogP contribution in [0.5, 0.6) is 11.5 Å². The first-order valence-electron chi connectivity index (χ1n) is 7.10. The van der Waals surface area contributed by atoms with Crippen molar-refractivity contribution in [1.29, 1.82) is 0 Å². The summed E-state index contributed by atoms with van der Waals surface area (Å²) in [7, 11) is -1.98. The molecule has 2 rings (SSSR count). The van der Waals surface area contributed by atoms with E-state index >= 15 is 0 Å². The Balaban J connectivity index is 2.33. The maximum Gasteiger partial charge on any atom is 0.339 e. The van der Waals surface area contributed by atoms with Gasteiger partial charge in [0.25, 0.3) is 0 Å². The normalized spacial score (nSPS) is 11.4. The van der Waals surface area contributed by atoms with Crippen molar-refractivity contribution in [2.24, 2.45) is 0 Å². The average Bonchev–Trinajstić information content (AvgIpc) is 2.59. The van der Waals surface area contributed by atoms with Crippen molar-refractivity contribution < 1.29 is 35.6 Å². The van der Waals surface area contributed by atoms with Gasteiger partial charge in [-0.3, -0.25) is 0 Å². The van der Waals surface area contributed by atoms with Crippen LogP contribution in [0.25, 0.3) is 6.08 Å². The average molecular weight is 384 g/mol. The maximum absolute atomic E-state index is 13.2. The van der Waals surface area contributed by atoms with Gasteiger partial charge in [-0.05, 0) is 35.9 Å². The van der Waals surface area contributed by atoms with E-state index in [1.54, 1.807) is 0 Å². The number of halogens is 2. The molecule has 0 aromatic heterocycles. The zero-order valence-corrected chi connectivity index (χ0v) is 14.5. The first-order valence-corrected chi connectivity index (χ1v) is 8.50. The van der Waals surface area contributed by atoms with Crippen LogP contribution in [0, 0.1) is 11.6 Å². The third-order valence-electron chi connectivity index (χ3n) is 3.12. The fraction of sp³-hybridized carbons (Fsp3) is 0.118. The SMILES string of the molecule is COC(=O)/C=C/c1ccc(OS(=O)(=O)c2cc(F)cc(F)c2)c(OC)c1. The quantitative estimate of drug-likeness (QED) is 0.433. The van der Waals surface area contributed by atoms with Gasteiger partial charge in [0, 0.05) is 12.1 Å². The number of benzene rings is 2. The van der Waals surface area contributed by atoms with Gasteiger partial charge in [0.05, 0.1) is 14.2 Å². The summed E-state index contributed by atoms with van der Waals surface area (Å²) in [5.41, 5.74) is 0.508. The van der Waals surface area contributed by atoms with Crippen LogP contribution in [-0.4, -0.2) is 28.6 Å². The predicted octanol–water partition coefficient (Wildman–Crippen LogP) is 2.93. The number of carbonyl (C=O) groups excluding carboxylic acids is 1. The van der Waals surface area contributed by atoms with Crippen molar-refractivity contribution in [3.05, 3.63) is 59.7 Å². The van der Waals surface area contributed by atoms with Crippen molar-refractivity contribution in [3.8, 4) is 11.5 Å². The Morgan fingerprint density at radius 1 is 1.00 bits per heavy atom. The van der Waals surface area contributed by atoms with E-state index < -0.39 is 32.6 Å². The zero-order valence-electron chi connectivity index (χ0n) is 13.7. The molecule has 0 heterocycles. The number of carbonyl (C=O) groups is 1. The maximum atomic E-state index is 13.2. The molecule has 0 aliphatic carbocycles. The molecule has 0 N–H and O–H groups in total. The van der Waals surface area contributed by atoms with Crippen molar-refractivity contribution in [2.75, 3.05) is 14.2 Å². The Morgan fingerprint density at radius 3 is 2.23 bits per heavy atom. The molecule has 0 amide bonds. The van der Waals surface area contributed by atoms with Crippen LogP contribution in [0.2, 0.25) is 0 Å². The summed E-state index contributed by atoms with van der Waals surface area (Å²) in [6, 6.07) is 5.97. The molecule has 9 heteroatoms. The van der Waals surface area contributed by atoms with E-state index in [2.05, 4.69) is 4.74 Å². The van der Waals surface area contributed by atoms with Gasteiger partial charge in [-0.1, -0.05) is 6.07 Å². The molecule has 0 atom stereocenters. The molecule has 138 valence electrons. The Labute approximate surface area is 148 Å². The number of methoxy groups -OCH3 is 2. The van der Waals surface area contributed by atoms with E-state index in [-0.39, 0.29) is 11.5 Å². The fourth-order valence-corrected chi connectivity index (χ4v) is 2.91. The number of hydrogen-bond acceptors (Lipinski definition) is 6. The van der Waals surface area contributed by atoms with Crippen LogP contribution in [0.1, 0.15) is 5.56 Å². The molecule has 26 heavy (non-hydrogen) atoms. The zero-order chi connectivity index (χ0) is 19.3. The largest absolute Gasteiger partial charge is 0.493 e. The summed E-state index contributed by atoms with van der Waals surface area (Å²) in [5, 5.41) is 0. The van der Waals surface area contributed by atoms with Gasteiger partial charge >= 0.3 is 16.1 Å². The Kier molecular flexibility index (Phi) is 5.93. The van der Waals surface area contributed by atoms with Crippen LogP contribution in [0.3, 0.4) is 0 Å². The summed E-state index contributed by atoms with van der Waals surface area (Å²) < 4.78 is 65.4. The molecule has 0 spiro atoms. The highest BCUT2D eigenvalue weighted by Crippen LogP contribution is 2.31. The summed E-state index contributed by atoms with van der Waals surface area (Å²) >= 11 is 0. The van der Waals surface area contributed by atoms with Crippen LogP contribution in [-0.2, 0) is 19.6 Å². The lowest BCUT2D eigenvalue weighted by molar-refractivity contribution is -0.134. The van der Waals surface area contributed by atoms with E-state index in [0.717, 1.165) is 0 Å². The standard InChI is InChI=1S/C17H14F2O6S/c1-23-16-7-11(4-6-17(20)24-2)3-5-15(16)25-26(21,22)14-9-12(18)8-13(19)10-14/h3-10H,1-2H3/b6-4+. The second-order valence-electron chi connectivity index (χ2n) is 4.91. The number of hydrogen-bond donors (Lipinski definition) is 0. The van der Waals surface area contributed by atoms with Crippen LogP contribution in [0.4, 0.5) is 8.78 Å². The first kappa shape index (κ1) is 19.4. The lowest BCUT2D eigenvalue weighted by Gasteiger charge is -2.11. The Hall–Kier alpha value is -2.94. The number of ether oxygens (including phenoxy) is 2. The number of esters is 1. The number of rotatable bonds is 6. The van der Waals surface area contributed by atoms with Crippen molar-refractivity contribution in [3.63, 3.8) is 0 Å². The second kappa shape index (κ2) is 7.96. The second-order valence-corrected chi connectivity index (χ2v) is 6.46. The summed E-state index contributed by atoms with van der Waals surface area (Å²) in [6.45, 7) is 0. The van der Waals surface area contributed by atoms with Gasteiger partial charge in [-0.25, -0.2) is 13.6 Å². The summed E-state index contributed by atoms with van der Waals surface area (Å²) in [6.07, 6.45) is 2.59. The van der Waals surface area contributed by atoms with Gasteiger partial charge in [0.15, 0.2) is 11.5 Å². The first-order chi connectivity index (χ1) is 12.2. The van der Waals surface area contributed by atoms with E-state index in [9.17, 15) is 22.0 Å². The molecule has 0 fully saturated rings. The van der Waals surface area contributed by atoms with E-state index in [4.69, 9.17) is 8.92 Å². The van der Waals surface area contributed by atoms with E-state index in [0.29, 0.717) is 23.8 Å². The third-order valence-corrected chi connectivity index (χ3v) is 4.34. The summed E-state index contributed by atoms with van der Waals surface area (Å²) in [5.74, 6) is -2.82. The molecule has 2 aromatic carbocycles. The van der Waals surface area contributed by atoms with Gasteiger partial charge in [-0.2, -0.15) is 8.42 Å². The molecule has 0 saturated heterocycles. The van der Waals surface area contributed by atoms with E-state index in [1.165, 1.54) is 44.6 Å². The van der Waals surface area contributed by atoms with Crippen molar-refractivity contribution in [1.82, 2.24) is 0 Å².